The Morgan fingerprint density at radius 3 is 2.83 bits per heavy atom. The van der Waals surface area contributed by atoms with Crippen LogP contribution in [0.25, 0.3) is 0 Å². The predicted octanol–water partition coefficient (Wildman–Crippen LogP) is 1.94. The number of benzene rings is 1. The maximum atomic E-state index is 10.8. The lowest BCUT2D eigenvalue weighted by molar-refractivity contribution is -0.385. The van der Waals surface area contributed by atoms with Crippen molar-refractivity contribution >= 4 is 23.2 Å². The lowest BCUT2D eigenvalue weighted by Gasteiger charge is -2.03. The summed E-state index contributed by atoms with van der Waals surface area (Å²) in [6, 6.07) is 3.27. The van der Waals surface area contributed by atoms with Gasteiger partial charge in [-0.2, -0.15) is 9.36 Å². The summed E-state index contributed by atoms with van der Waals surface area (Å²) in [7, 11) is 0. The number of carboxylic acid groups (broad SMARTS) is 1. The first kappa shape index (κ1) is 11.9. The zero-order valence-corrected chi connectivity index (χ0v) is 9.46. The first-order valence-corrected chi connectivity index (χ1v) is 5.31. The van der Waals surface area contributed by atoms with Gasteiger partial charge in [0.2, 0.25) is 5.75 Å². The Morgan fingerprint density at radius 1 is 1.50 bits per heavy atom. The summed E-state index contributed by atoms with van der Waals surface area (Å²) in [5, 5.41) is 19.7. The van der Waals surface area contributed by atoms with Crippen LogP contribution in [0.5, 0.6) is 10.9 Å². The number of carbonyl (C=O) groups is 1. The Hall–Kier alpha value is -2.55. The maximum Gasteiger partial charge on any atom is 0.335 e. The number of carboxylic acids is 1. The second-order valence-electron chi connectivity index (χ2n) is 3.05. The molecule has 9 heteroatoms. The van der Waals surface area contributed by atoms with Crippen molar-refractivity contribution in [2.75, 3.05) is 0 Å². The van der Waals surface area contributed by atoms with E-state index in [1.807, 2.05) is 0 Å². The van der Waals surface area contributed by atoms with Gasteiger partial charge in [0.25, 0.3) is 5.19 Å². The van der Waals surface area contributed by atoms with Gasteiger partial charge in [-0.05, 0) is 6.07 Å². The highest BCUT2D eigenvalue weighted by Gasteiger charge is 2.19. The summed E-state index contributed by atoms with van der Waals surface area (Å²) in [5.74, 6) is -1.39. The highest BCUT2D eigenvalue weighted by atomic mass is 32.1. The number of aromatic carboxylic acids is 1. The number of hydrogen-bond acceptors (Lipinski definition) is 7. The maximum absolute atomic E-state index is 10.8. The number of ether oxygens (including phenoxy) is 1. The van der Waals surface area contributed by atoms with Crippen LogP contribution in [-0.4, -0.2) is 25.4 Å². The van der Waals surface area contributed by atoms with E-state index in [1.54, 1.807) is 0 Å². The second kappa shape index (κ2) is 4.75. The van der Waals surface area contributed by atoms with Crippen LogP contribution in [0.4, 0.5) is 5.69 Å². The van der Waals surface area contributed by atoms with E-state index < -0.39 is 10.9 Å². The van der Waals surface area contributed by atoms with Crippen LogP contribution < -0.4 is 4.74 Å². The molecule has 0 amide bonds. The number of rotatable bonds is 4. The van der Waals surface area contributed by atoms with Gasteiger partial charge in [0.1, 0.15) is 6.33 Å². The summed E-state index contributed by atoms with van der Waals surface area (Å²) < 4.78 is 8.81. The fourth-order valence-corrected chi connectivity index (χ4v) is 1.59. The summed E-state index contributed by atoms with van der Waals surface area (Å²) in [5.41, 5.74) is -0.449. The quantitative estimate of drug-likeness (QED) is 0.664. The number of nitro benzene ring substituents is 1. The van der Waals surface area contributed by atoms with Crippen LogP contribution in [0.1, 0.15) is 10.4 Å². The fourth-order valence-electron chi connectivity index (χ4n) is 1.18. The number of nitro groups is 1. The molecule has 0 saturated heterocycles. The molecule has 1 aromatic heterocycles. The third-order valence-electron chi connectivity index (χ3n) is 1.94. The van der Waals surface area contributed by atoms with Crippen molar-refractivity contribution in [1.82, 2.24) is 9.36 Å². The minimum absolute atomic E-state index is 0.0978. The smallest absolute Gasteiger partial charge is 0.335 e. The molecular formula is C9H5N3O5S. The largest absolute Gasteiger partial charge is 0.478 e. The minimum Gasteiger partial charge on any atom is -0.478 e. The van der Waals surface area contributed by atoms with Crippen molar-refractivity contribution < 1.29 is 19.6 Å². The molecule has 18 heavy (non-hydrogen) atoms. The third-order valence-corrected chi connectivity index (χ3v) is 2.49. The third kappa shape index (κ3) is 2.40. The molecule has 0 spiro atoms. The van der Waals surface area contributed by atoms with Crippen LogP contribution in [-0.2, 0) is 0 Å². The Labute approximate surface area is 104 Å². The van der Waals surface area contributed by atoms with Crippen LogP contribution in [0.15, 0.2) is 24.5 Å². The highest BCUT2D eigenvalue weighted by molar-refractivity contribution is 7.07. The lowest BCUT2D eigenvalue weighted by Crippen LogP contribution is -1.99. The standard InChI is InChI=1S/C9H5N3O5S/c13-8(14)5-1-2-6(12(15)16)7(3-5)17-9-10-4-11-18-9/h1-4H,(H,13,14). The second-order valence-corrected chi connectivity index (χ2v) is 3.80. The van der Waals surface area contributed by atoms with Crippen LogP contribution in [0.3, 0.4) is 0 Å². The molecule has 0 bridgehead atoms. The van der Waals surface area contributed by atoms with Crippen LogP contribution >= 0.6 is 11.5 Å². The van der Waals surface area contributed by atoms with Crippen molar-refractivity contribution in [3.63, 3.8) is 0 Å². The van der Waals surface area contributed by atoms with Crippen LogP contribution in [0, 0.1) is 10.1 Å². The van der Waals surface area contributed by atoms with Gasteiger partial charge in [-0.15, -0.1) is 0 Å². The van der Waals surface area contributed by atoms with E-state index in [4.69, 9.17) is 9.84 Å². The molecule has 0 saturated carbocycles. The van der Waals surface area contributed by atoms with Gasteiger partial charge < -0.3 is 9.84 Å². The SMILES string of the molecule is O=C(O)c1ccc([N+](=O)[O-])c(Oc2ncns2)c1. The molecule has 0 radical (unpaired) electrons. The predicted molar refractivity (Wildman–Crippen MR) is 60.0 cm³/mol. The number of hydrogen-bond donors (Lipinski definition) is 1. The first-order chi connectivity index (χ1) is 8.58. The Morgan fingerprint density at radius 2 is 2.28 bits per heavy atom. The molecule has 1 heterocycles. The molecule has 0 aliphatic rings. The van der Waals surface area contributed by atoms with Crippen molar-refractivity contribution in [2.45, 2.75) is 0 Å². The van der Waals surface area contributed by atoms with Gasteiger partial charge in [0.05, 0.1) is 10.5 Å². The molecule has 0 aliphatic heterocycles. The molecule has 2 rings (SSSR count). The average molecular weight is 267 g/mol. The molecule has 92 valence electrons. The Kier molecular flexibility index (Phi) is 3.15. The van der Waals surface area contributed by atoms with Crippen molar-refractivity contribution in [1.29, 1.82) is 0 Å². The van der Waals surface area contributed by atoms with Crippen molar-refractivity contribution in [2.24, 2.45) is 0 Å². The fraction of sp³-hybridized carbons (Fsp3) is 0. The number of nitrogens with zero attached hydrogens (tertiary/aromatic N) is 3. The summed E-state index contributed by atoms with van der Waals surface area (Å²) in [6.45, 7) is 0. The average Bonchev–Trinajstić information content (AvgIpc) is 2.81. The van der Waals surface area contributed by atoms with E-state index in [-0.39, 0.29) is 22.2 Å². The molecule has 1 N–H and O–H groups in total. The van der Waals surface area contributed by atoms with E-state index in [1.165, 1.54) is 6.33 Å². The molecule has 0 unspecified atom stereocenters. The molecular weight excluding hydrogens is 262 g/mol. The first-order valence-electron chi connectivity index (χ1n) is 4.54. The van der Waals surface area contributed by atoms with E-state index in [0.29, 0.717) is 0 Å². The summed E-state index contributed by atoms with van der Waals surface area (Å²) in [6.07, 6.45) is 1.23. The molecule has 0 aliphatic carbocycles. The summed E-state index contributed by atoms with van der Waals surface area (Å²) >= 11 is 0.899. The van der Waals surface area contributed by atoms with Gasteiger partial charge in [-0.3, -0.25) is 10.1 Å². The van der Waals surface area contributed by atoms with Crippen molar-refractivity contribution in [3.05, 3.63) is 40.2 Å². The van der Waals surface area contributed by atoms with E-state index in [0.717, 1.165) is 29.7 Å². The summed E-state index contributed by atoms with van der Waals surface area (Å²) in [4.78, 5) is 24.6. The van der Waals surface area contributed by atoms with Gasteiger partial charge in [-0.1, -0.05) is 0 Å². The zero-order chi connectivity index (χ0) is 13.1. The van der Waals surface area contributed by atoms with E-state index in [2.05, 4.69) is 9.36 Å². The van der Waals surface area contributed by atoms with Gasteiger partial charge >= 0.3 is 11.7 Å². The molecule has 0 fully saturated rings. The van der Waals surface area contributed by atoms with Gasteiger partial charge in [0.15, 0.2) is 0 Å². The lowest BCUT2D eigenvalue weighted by atomic mass is 10.2. The van der Waals surface area contributed by atoms with E-state index >= 15 is 0 Å². The Balaban J connectivity index is 2.43. The Bertz CT molecular complexity index is 598. The molecule has 0 atom stereocenters. The topological polar surface area (TPSA) is 115 Å². The zero-order valence-electron chi connectivity index (χ0n) is 8.64. The van der Waals surface area contributed by atoms with E-state index in [9.17, 15) is 14.9 Å². The monoisotopic (exact) mass is 267 g/mol. The number of aromatic nitrogens is 2. The van der Waals surface area contributed by atoms with Crippen LogP contribution in [0.2, 0.25) is 0 Å². The van der Waals surface area contributed by atoms with Gasteiger partial charge in [0, 0.05) is 23.7 Å². The highest BCUT2D eigenvalue weighted by Crippen LogP contribution is 2.32. The molecule has 1 aromatic carbocycles. The van der Waals surface area contributed by atoms with Gasteiger partial charge in [-0.25, -0.2) is 4.79 Å². The molecule has 8 nitrogen and oxygen atoms in total. The van der Waals surface area contributed by atoms with Crippen molar-refractivity contribution in [3.8, 4) is 10.9 Å². The normalized spacial score (nSPS) is 10.0. The minimum atomic E-state index is -1.20. The molecule has 2 aromatic rings.